The van der Waals surface area contributed by atoms with Gasteiger partial charge in [-0.25, -0.2) is 19.6 Å². The van der Waals surface area contributed by atoms with E-state index in [9.17, 15) is 14.4 Å². The average Bonchev–Trinajstić information content (AvgIpc) is 3.03. The first-order valence-corrected chi connectivity index (χ1v) is 17.3. The molecule has 11 heteroatoms. The molecule has 0 saturated carbocycles. The Morgan fingerprint density at radius 2 is 1.60 bits per heavy atom. The fourth-order valence-corrected chi connectivity index (χ4v) is 8.11. The third kappa shape index (κ3) is 7.23. The summed E-state index contributed by atoms with van der Waals surface area (Å²) in [7, 11) is 0. The van der Waals surface area contributed by atoms with Gasteiger partial charge in [0, 0.05) is 76.7 Å². The lowest BCUT2D eigenvalue weighted by atomic mass is 9.74. The maximum atomic E-state index is 13.5. The van der Waals surface area contributed by atoms with E-state index in [2.05, 4.69) is 28.7 Å². The number of aromatic nitrogens is 2. The molecule has 1 unspecified atom stereocenters. The standard InChI is InChI=1S/C34H54N6O5/c1-6-8-9-28-23-39(22-27-10-16-38(17-11-27)31(42)44-7-2)32(43)45-34(28)14-20-40(21-15-34)33(5)12-18-37(19-13-33)30(41)29-25(3)35-24-36-26(29)4/h24,27-28H,6-23H2,1-5H3. The Morgan fingerprint density at radius 1 is 0.956 bits per heavy atom. The zero-order chi connectivity index (χ0) is 32.2. The Balaban J connectivity index is 1.16. The molecular weight excluding hydrogens is 572 g/mol. The number of unbranched alkanes of at least 4 members (excludes halogenated alkanes) is 1. The van der Waals surface area contributed by atoms with Crippen LogP contribution in [0.2, 0.25) is 0 Å². The summed E-state index contributed by atoms with van der Waals surface area (Å²) in [4.78, 5) is 55.8. The van der Waals surface area contributed by atoms with E-state index in [4.69, 9.17) is 9.47 Å². The Morgan fingerprint density at radius 3 is 2.20 bits per heavy atom. The Bertz CT molecular complexity index is 1180. The maximum absolute atomic E-state index is 13.5. The SMILES string of the molecule is CCCCC1CN(CC2CCN(C(=O)OCC)CC2)C(=O)OC12CCN(C1(C)CCN(C(=O)c3c(C)ncnc3C)CC1)CC2. The number of amides is 3. The van der Waals surface area contributed by atoms with Crippen LogP contribution < -0.4 is 0 Å². The monoisotopic (exact) mass is 626 g/mol. The second kappa shape index (κ2) is 14.2. The third-order valence-corrected chi connectivity index (χ3v) is 11.2. The van der Waals surface area contributed by atoms with E-state index < -0.39 is 5.60 Å². The molecule has 0 bridgehead atoms. The molecule has 0 radical (unpaired) electrons. The van der Waals surface area contributed by atoms with E-state index >= 15 is 0 Å². The van der Waals surface area contributed by atoms with Gasteiger partial charge in [-0.15, -0.1) is 0 Å². The van der Waals surface area contributed by atoms with Gasteiger partial charge in [0.15, 0.2) is 0 Å². The van der Waals surface area contributed by atoms with Gasteiger partial charge in [0.2, 0.25) is 0 Å². The minimum atomic E-state index is -0.401. The number of piperidine rings is 3. The molecule has 1 spiro atoms. The van der Waals surface area contributed by atoms with E-state index in [0.717, 1.165) is 88.8 Å². The van der Waals surface area contributed by atoms with Crippen molar-refractivity contribution in [3.05, 3.63) is 23.3 Å². The van der Waals surface area contributed by atoms with Crippen LogP contribution in [0.15, 0.2) is 6.33 Å². The zero-order valence-electron chi connectivity index (χ0n) is 28.2. The lowest BCUT2D eigenvalue weighted by molar-refractivity contribution is -0.134. The molecule has 45 heavy (non-hydrogen) atoms. The molecule has 4 fully saturated rings. The van der Waals surface area contributed by atoms with Crippen molar-refractivity contribution in [1.29, 1.82) is 0 Å². The quantitative estimate of drug-likeness (QED) is 0.395. The molecule has 1 atom stereocenters. The van der Waals surface area contributed by atoms with Gasteiger partial charge in [-0.05, 0) is 65.7 Å². The lowest BCUT2D eigenvalue weighted by Crippen LogP contribution is -2.64. The predicted molar refractivity (Wildman–Crippen MR) is 171 cm³/mol. The van der Waals surface area contributed by atoms with Crippen molar-refractivity contribution in [3.63, 3.8) is 0 Å². The molecule has 1 aromatic rings. The van der Waals surface area contributed by atoms with E-state index in [1.165, 1.54) is 6.33 Å². The van der Waals surface area contributed by atoms with Gasteiger partial charge in [0.05, 0.1) is 23.6 Å². The molecule has 4 aliphatic heterocycles. The molecule has 1 aromatic heterocycles. The summed E-state index contributed by atoms with van der Waals surface area (Å²) in [5.74, 6) is 0.724. The van der Waals surface area contributed by atoms with Crippen LogP contribution in [0.3, 0.4) is 0 Å². The van der Waals surface area contributed by atoms with Crippen LogP contribution in [-0.4, -0.2) is 118 Å². The van der Waals surface area contributed by atoms with Gasteiger partial charge < -0.3 is 24.2 Å². The number of likely N-dealkylation sites (tertiary alicyclic amines) is 3. The van der Waals surface area contributed by atoms with Crippen LogP contribution in [0.1, 0.15) is 100 Å². The summed E-state index contributed by atoms with van der Waals surface area (Å²) < 4.78 is 11.6. The van der Waals surface area contributed by atoms with E-state index in [1.807, 2.05) is 30.6 Å². The summed E-state index contributed by atoms with van der Waals surface area (Å²) in [6, 6.07) is 0. The lowest BCUT2D eigenvalue weighted by Gasteiger charge is -2.55. The van der Waals surface area contributed by atoms with Crippen LogP contribution in [0.4, 0.5) is 9.59 Å². The first kappa shape index (κ1) is 33.4. The Hall–Kier alpha value is -2.95. The largest absolute Gasteiger partial charge is 0.450 e. The summed E-state index contributed by atoms with van der Waals surface area (Å²) in [5.41, 5.74) is 1.72. The van der Waals surface area contributed by atoms with Gasteiger partial charge in [0.1, 0.15) is 11.9 Å². The predicted octanol–water partition coefficient (Wildman–Crippen LogP) is 5.05. The number of nitrogens with zero attached hydrogens (tertiary/aromatic N) is 6. The summed E-state index contributed by atoms with van der Waals surface area (Å²) >= 11 is 0. The van der Waals surface area contributed by atoms with Gasteiger partial charge in [0.25, 0.3) is 5.91 Å². The van der Waals surface area contributed by atoms with Crippen molar-refractivity contribution in [2.24, 2.45) is 11.8 Å². The molecule has 4 saturated heterocycles. The summed E-state index contributed by atoms with van der Waals surface area (Å²) in [6.07, 6.45) is 9.74. The van der Waals surface area contributed by atoms with Crippen LogP contribution in [0, 0.1) is 25.7 Å². The molecule has 3 amide bonds. The minimum absolute atomic E-state index is 0.0116. The number of carbonyl (C=O) groups excluding carboxylic acids is 3. The molecule has 0 N–H and O–H groups in total. The molecular formula is C34H54N6O5. The number of ether oxygens (including phenoxy) is 2. The first-order valence-electron chi connectivity index (χ1n) is 17.3. The molecule has 0 aromatic carbocycles. The Kier molecular flexibility index (Phi) is 10.6. The van der Waals surface area contributed by atoms with E-state index in [1.54, 1.807) is 4.90 Å². The van der Waals surface area contributed by atoms with Crippen molar-refractivity contribution in [1.82, 2.24) is 29.6 Å². The van der Waals surface area contributed by atoms with Crippen molar-refractivity contribution >= 4 is 18.1 Å². The summed E-state index contributed by atoms with van der Waals surface area (Å²) in [5, 5.41) is 0. The van der Waals surface area contributed by atoms with Crippen LogP contribution in [0.5, 0.6) is 0 Å². The number of carbonyl (C=O) groups is 3. The van der Waals surface area contributed by atoms with Gasteiger partial charge in [-0.2, -0.15) is 0 Å². The molecule has 250 valence electrons. The fourth-order valence-electron chi connectivity index (χ4n) is 8.11. The third-order valence-electron chi connectivity index (χ3n) is 11.2. The van der Waals surface area contributed by atoms with Crippen molar-refractivity contribution in [3.8, 4) is 0 Å². The number of aryl methyl sites for hydroxylation is 2. The Labute approximate surface area is 269 Å². The van der Waals surface area contributed by atoms with Crippen molar-refractivity contribution in [2.75, 3.05) is 59.0 Å². The number of hydrogen-bond donors (Lipinski definition) is 0. The number of rotatable bonds is 8. The van der Waals surface area contributed by atoms with E-state index in [0.29, 0.717) is 56.7 Å². The van der Waals surface area contributed by atoms with Gasteiger partial charge >= 0.3 is 12.2 Å². The summed E-state index contributed by atoms with van der Waals surface area (Å²) in [6.45, 7) is 16.6. The number of hydrogen-bond acceptors (Lipinski definition) is 8. The van der Waals surface area contributed by atoms with Gasteiger partial charge in [-0.1, -0.05) is 19.8 Å². The maximum Gasteiger partial charge on any atom is 0.410 e. The topological polar surface area (TPSA) is 108 Å². The zero-order valence-corrected chi connectivity index (χ0v) is 28.2. The fraction of sp³-hybridized carbons (Fsp3) is 0.794. The highest BCUT2D eigenvalue weighted by Crippen LogP contribution is 2.43. The normalized spacial score (nSPS) is 24.1. The van der Waals surface area contributed by atoms with Crippen molar-refractivity contribution in [2.45, 2.75) is 104 Å². The van der Waals surface area contributed by atoms with E-state index in [-0.39, 0.29) is 23.6 Å². The minimum Gasteiger partial charge on any atom is -0.450 e. The molecule has 0 aliphatic carbocycles. The van der Waals surface area contributed by atoms with Gasteiger partial charge in [-0.3, -0.25) is 9.69 Å². The van der Waals surface area contributed by atoms with Crippen LogP contribution in [0.25, 0.3) is 0 Å². The smallest absolute Gasteiger partial charge is 0.410 e. The van der Waals surface area contributed by atoms with Crippen LogP contribution in [-0.2, 0) is 9.47 Å². The highest BCUT2D eigenvalue weighted by molar-refractivity contribution is 5.96. The first-order chi connectivity index (χ1) is 21.6. The second-order valence-electron chi connectivity index (χ2n) is 14.0. The average molecular weight is 627 g/mol. The molecule has 5 rings (SSSR count). The molecule has 4 aliphatic rings. The molecule has 11 nitrogen and oxygen atoms in total. The second-order valence-corrected chi connectivity index (χ2v) is 14.0. The molecule has 5 heterocycles. The highest BCUT2D eigenvalue weighted by Gasteiger charge is 2.51. The van der Waals surface area contributed by atoms with Crippen molar-refractivity contribution < 1.29 is 23.9 Å². The van der Waals surface area contributed by atoms with Crippen LogP contribution >= 0.6 is 0 Å². The highest BCUT2D eigenvalue weighted by atomic mass is 16.6.